The lowest BCUT2D eigenvalue weighted by molar-refractivity contribution is -0.142. The van der Waals surface area contributed by atoms with Gasteiger partial charge < -0.3 is 14.6 Å². The number of ether oxygens (including phenoxy) is 2. The number of carboxylic acid groups (broad SMARTS) is 1. The van der Waals surface area contributed by atoms with Gasteiger partial charge in [0.1, 0.15) is 6.04 Å². The fourth-order valence-electron chi connectivity index (χ4n) is 1.09. The fourth-order valence-corrected chi connectivity index (χ4v) is 1.09. The lowest BCUT2D eigenvalue weighted by Crippen LogP contribution is -2.45. The van der Waals surface area contributed by atoms with E-state index in [4.69, 9.17) is 14.6 Å². The molecule has 84 valence electrons. The quantitative estimate of drug-likeness (QED) is 0.585. The van der Waals surface area contributed by atoms with Gasteiger partial charge in [0.2, 0.25) is 0 Å². The van der Waals surface area contributed by atoms with Crippen LogP contribution in [0.25, 0.3) is 0 Å². The van der Waals surface area contributed by atoms with Crippen LogP contribution in [-0.4, -0.2) is 44.2 Å². The van der Waals surface area contributed by atoms with Gasteiger partial charge in [0.15, 0.2) is 6.29 Å². The van der Waals surface area contributed by atoms with Crippen LogP contribution in [-0.2, 0) is 14.3 Å². The topological polar surface area (TPSA) is 67.8 Å². The first kappa shape index (κ1) is 13.4. The Kier molecular flexibility index (Phi) is 6.44. The molecule has 2 N–H and O–H groups in total. The van der Waals surface area contributed by atoms with Crippen LogP contribution in [0.1, 0.15) is 13.8 Å². The van der Waals surface area contributed by atoms with Crippen LogP contribution in [0.3, 0.4) is 0 Å². The normalized spacial score (nSPS) is 13.6. The molecular formula is C9H19NO4. The van der Waals surface area contributed by atoms with E-state index < -0.39 is 18.3 Å². The Morgan fingerprint density at radius 2 is 1.86 bits per heavy atom. The van der Waals surface area contributed by atoms with Crippen LogP contribution < -0.4 is 5.32 Å². The number of carbonyl (C=O) groups is 1. The molecular weight excluding hydrogens is 186 g/mol. The number of hydrogen-bond donors (Lipinski definition) is 2. The van der Waals surface area contributed by atoms with E-state index in [1.54, 1.807) is 0 Å². The second-order valence-corrected chi connectivity index (χ2v) is 3.37. The van der Waals surface area contributed by atoms with Crippen molar-refractivity contribution in [1.82, 2.24) is 5.32 Å². The maximum absolute atomic E-state index is 10.8. The molecule has 0 aliphatic heterocycles. The molecule has 0 fully saturated rings. The molecule has 1 atom stereocenters. The van der Waals surface area contributed by atoms with Crippen molar-refractivity contribution in [2.75, 3.05) is 20.8 Å². The van der Waals surface area contributed by atoms with E-state index in [1.165, 1.54) is 14.2 Å². The summed E-state index contributed by atoms with van der Waals surface area (Å²) in [6.45, 7) is 4.06. The fraction of sp³-hybridized carbons (Fsp3) is 0.889. The molecule has 0 aromatic heterocycles. The number of hydrogen-bond acceptors (Lipinski definition) is 4. The highest BCUT2D eigenvalue weighted by Gasteiger charge is 2.21. The van der Waals surface area contributed by atoms with Gasteiger partial charge >= 0.3 is 5.97 Å². The summed E-state index contributed by atoms with van der Waals surface area (Å²) in [5.74, 6) is -0.826. The number of carboxylic acids is 1. The molecule has 0 spiro atoms. The van der Waals surface area contributed by atoms with Crippen LogP contribution in [0.5, 0.6) is 0 Å². The lowest BCUT2D eigenvalue weighted by atomic mass is 10.1. The number of rotatable bonds is 7. The average molecular weight is 205 g/mol. The predicted octanol–water partition coefficient (Wildman–Crippen LogP) is 0.304. The molecule has 0 heterocycles. The first-order valence-electron chi connectivity index (χ1n) is 4.54. The van der Waals surface area contributed by atoms with E-state index in [1.807, 2.05) is 13.8 Å². The molecule has 1 unspecified atom stereocenters. The molecule has 5 nitrogen and oxygen atoms in total. The molecule has 5 heteroatoms. The molecule has 0 bridgehead atoms. The average Bonchev–Trinajstić information content (AvgIpc) is 2.11. The van der Waals surface area contributed by atoms with Crippen molar-refractivity contribution in [2.24, 2.45) is 5.92 Å². The Bertz CT molecular complexity index is 168. The third-order valence-electron chi connectivity index (χ3n) is 1.96. The maximum Gasteiger partial charge on any atom is 0.320 e. The molecule has 0 aromatic rings. The predicted molar refractivity (Wildman–Crippen MR) is 52.1 cm³/mol. The summed E-state index contributed by atoms with van der Waals surface area (Å²) in [5.41, 5.74) is 0. The van der Waals surface area contributed by atoms with Crippen molar-refractivity contribution in [3.63, 3.8) is 0 Å². The first-order valence-corrected chi connectivity index (χ1v) is 4.54. The molecule has 0 saturated carbocycles. The van der Waals surface area contributed by atoms with Gasteiger partial charge in [0, 0.05) is 20.8 Å². The van der Waals surface area contributed by atoms with Gasteiger partial charge in [-0.25, -0.2) is 0 Å². The van der Waals surface area contributed by atoms with Crippen molar-refractivity contribution in [3.05, 3.63) is 0 Å². The minimum absolute atomic E-state index is 0.0295. The van der Waals surface area contributed by atoms with Crippen molar-refractivity contribution in [1.29, 1.82) is 0 Å². The van der Waals surface area contributed by atoms with E-state index in [0.717, 1.165) is 0 Å². The molecule has 0 amide bonds. The monoisotopic (exact) mass is 205 g/mol. The first-order chi connectivity index (χ1) is 6.52. The third kappa shape index (κ3) is 4.55. The highest BCUT2D eigenvalue weighted by molar-refractivity contribution is 5.73. The molecule has 0 aromatic carbocycles. The summed E-state index contributed by atoms with van der Waals surface area (Å²) >= 11 is 0. The van der Waals surface area contributed by atoms with Crippen LogP contribution in [0, 0.1) is 5.92 Å². The summed E-state index contributed by atoms with van der Waals surface area (Å²) in [5, 5.41) is 11.7. The molecule has 0 aliphatic carbocycles. The number of nitrogens with one attached hydrogen (secondary N) is 1. The van der Waals surface area contributed by atoms with Crippen molar-refractivity contribution in [3.8, 4) is 0 Å². The number of methoxy groups -OCH3 is 2. The Hall–Kier alpha value is -0.650. The Morgan fingerprint density at radius 1 is 1.36 bits per heavy atom. The zero-order chi connectivity index (χ0) is 11.1. The van der Waals surface area contributed by atoms with E-state index >= 15 is 0 Å². The second-order valence-electron chi connectivity index (χ2n) is 3.37. The summed E-state index contributed by atoms with van der Waals surface area (Å²) in [6, 6.07) is -0.567. The van der Waals surface area contributed by atoms with Crippen LogP contribution in [0.2, 0.25) is 0 Å². The van der Waals surface area contributed by atoms with Gasteiger partial charge in [-0.15, -0.1) is 0 Å². The Labute approximate surface area is 84.4 Å². The highest BCUT2D eigenvalue weighted by Crippen LogP contribution is 2.02. The zero-order valence-electron chi connectivity index (χ0n) is 9.11. The minimum atomic E-state index is -0.856. The molecule has 0 radical (unpaired) electrons. The van der Waals surface area contributed by atoms with E-state index in [2.05, 4.69) is 5.32 Å². The van der Waals surface area contributed by atoms with Gasteiger partial charge in [0.05, 0.1) is 0 Å². The van der Waals surface area contributed by atoms with Crippen molar-refractivity contribution >= 4 is 5.97 Å². The van der Waals surface area contributed by atoms with Crippen molar-refractivity contribution in [2.45, 2.75) is 26.2 Å². The standard InChI is InChI=1S/C9H19NO4/c1-6(2)8(9(11)12)10-5-7(13-3)14-4/h6-8,10H,5H2,1-4H3,(H,11,12). The van der Waals surface area contributed by atoms with Crippen molar-refractivity contribution < 1.29 is 19.4 Å². The SMILES string of the molecule is COC(CNC(C(=O)O)C(C)C)OC. The van der Waals surface area contributed by atoms with Crippen LogP contribution in [0.15, 0.2) is 0 Å². The van der Waals surface area contributed by atoms with Crippen LogP contribution in [0.4, 0.5) is 0 Å². The van der Waals surface area contributed by atoms with E-state index in [-0.39, 0.29) is 5.92 Å². The Morgan fingerprint density at radius 3 is 2.14 bits per heavy atom. The third-order valence-corrected chi connectivity index (χ3v) is 1.96. The maximum atomic E-state index is 10.8. The number of aliphatic carboxylic acids is 1. The van der Waals surface area contributed by atoms with Gasteiger partial charge in [0.25, 0.3) is 0 Å². The lowest BCUT2D eigenvalue weighted by Gasteiger charge is -2.21. The smallest absolute Gasteiger partial charge is 0.320 e. The Balaban J connectivity index is 3.99. The summed E-state index contributed by atoms with van der Waals surface area (Å²) in [6.07, 6.45) is -0.407. The van der Waals surface area contributed by atoms with Crippen LogP contribution >= 0.6 is 0 Å². The largest absolute Gasteiger partial charge is 0.480 e. The molecule has 0 aliphatic rings. The highest BCUT2D eigenvalue weighted by atomic mass is 16.7. The summed E-state index contributed by atoms with van der Waals surface area (Å²) in [7, 11) is 3.03. The summed E-state index contributed by atoms with van der Waals surface area (Å²) in [4.78, 5) is 10.8. The van der Waals surface area contributed by atoms with Gasteiger partial charge in [-0.1, -0.05) is 13.8 Å². The second kappa shape index (κ2) is 6.75. The van der Waals surface area contributed by atoms with Gasteiger partial charge in [-0.05, 0) is 5.92 Å². The van der Waals surface area contributed by atoms with E-state index in [9.17, 15) is 4.79 Å². The molecule has 0 saturated heterocycles. The zero-order valence-corrected chi connectivity index (χ0v) is 9.11. The summed E-state index contributed by atoms with van der Waals surface area (Å²) < 4.78 is 9.86. The minimum Gasteiger partial charge on any atom is -0.480 e. The van der Waals surface area contributed by atoms with Gasteiger partial charge in [-0.3, -0.25) is 10.1 Å². The van der Waals surface area contributed by atoms with E-state index in [0.29, 0.717) is 6.54 Å². The molecule has 0 rings (SSSR count). The molecule has 14 heavy (non-hydrogen) atoms. The van der Waals surface area contributed by atoms with Gasteiger partial charge in [-0.2, -0.15) is 0 Å².